The topological polar surface area (TPSA) is 51.8 Å². The summed E-state index contributed by atoms with van der Waals surface area (Å²) < 4.78 is 6.41. The van der Waals surface area contributed by atoms with E-state index in [-0.39, 0.29) is 0 Å². The second-order valence-electron chi connectivity index (χ2n) is 12.1. The molecule has 2 aromatic heterocycles. The molecule has 0 unspecified atom stereocenters. The minimum absolute atomic E-state index is 0.598. The number of hydrogen-bond donors (Lipinski definition) is 0. The molecule has 0 amide bonds. The van der Waals surface area contributed by atoms with Gasteiger partial charge in [-0.1, -0.05) is 152 Å². The smallest absolute Gasteiger partial charge is 0.164 e. The van der Waals surface area contributed by atoms with Crippen molar-refractivity contribution in [1.29, 1.82) is 0 Å². The van der Waals surface area contributed by atoms with Crippen LogP contribution in [0.2, 0.25) is 0 Å². The van der Waals surface area contributed by atoms with E-state index in [1.807, 2.05) is 54.6 Å². The maximum absolute atomic E-state index is 6.41. The van der Waals surface area contributed by atoms with E-state index in [0.29, 0.717) is 17.5 Å². The Bertz CT molecular complexity index is 2580. The molecular formula is C45H29N3O. The van der Waals surface area contributed by atoms with Gasteiger partial charge in [-0.2, -0.15) is 0 Å². The monoisotopic (exact) mass is 627 g/mol. The van der Waals surface area contributed by atoms with Gasteiger partial charge >= 0.3 is 0 Å². The molecule has 0 bridgehead atoms. The lowest BCUT2D eigenvalue weighted by Gasteiger charge is -2.10. The second kappa shape index (κ2) is 12.2. The Hall–Kier alpha value is -6.65. The Kier molecular flexibility index (Phi) is 7.10. The average Bonchev–Trinajstić information content (AvgIpc) is 3.57. The van der Waals surface area contributed by atoms with Crippen molar-refractivity contribution < 1.29 is 4.42 Å². The zero-order chi connectivity index (χ0) is 32.6. The third kappa shape index (κ3) is 5.45. The molecule has 2 heterocycles. The molecular weight excluding hydrogens is 599 g/mol. The highest BCUT2D eigenvalue weighted by Gasteiger charge is 2.18. The van der Waals surface area contributed by atoms with Crippen LogP contribution in [0.4, 0.5) is 0 Å². The van der Waals surface area contributed by atoms with E-state index in [1.54, 1.807) is 0 Å². The van der Waals surface area contributed by atoms with E-state index in [2.05, 4.69) is 121 Å². The van der Waals surface area contributed by atoms with Gasteiger partial charge in [0.15, 0.2) is 17.5 Å². The van der Waals surface area contributed by atoms with Gasteiger partial charge in [0.25, 0.3) is 0 Å². The molecule has 0 fully saturated rings. The summed E-state index contributed by atoms with van der Waals surface area (Å²) in [6.45, 7) is 0. The average molecular weight is 628 g/mol. The first kappa shape index (κ1) is 28.6. The lowest BCUT2D eigenvalue weighted by molar-refractivity contribution is 0.669. The van der Waals surface area contributed by atoms with Crippen molar-refractivity contribution >= 4 is 21.9 Å². The fourth-order valence-corrected chi connectivity index (χ4v) is 6.49. The van der Waals surface area contributed by atoms with Crippen molar-refractivity contribution in [3.8, 4) is 67.5 Å². The maximum atomic E-state index is 6.41. The van der Waals surface area contributed by atoms with Crippen molar-refractivity contribution in [3.05, 3.63) is 176 Å². The predicted octanol–water partition coefficient (Wildman–Crippen LogP) is 11.8. The summed E-state index contributed by atoms with van der Waals surface area (Å²) in [7, 11) is 0. The lowest BCUT2D eigenvalue weighted by atomic mass is 9.97. The normalized spacial score (nSPS) is 11.3. The largest absolute Gasteiger partial charge is 0.456 e. The van der Waals surface area contributed by atoms with Gasteiger partial charge in [0, 0.05) is 27.5 Å². The van der Waals surface area contributed by atoms with Crippen molar-refractivity contribution in [2.24, 2.45) is 0 Å². The van der Waals surface area contributed by atoms with E-state index in [4.69, 9.17) is 19.4 Å². The highest BCUT2D eigenvalue weighted by Crippen LogP contribution is 2.39. The third-order valence-electron chi connectivity index (χ3n) is 8.96. The van der Waals surface area contributed by atoms with E-state index in [9.17, 15) is 0 Å². The highest BCUT2D eigenvalue weighted by molar-refractivity contribution is 6.12. The molecule has 0 aliphatic rings. The molecule has 0 N–H and O–H groups in total. The Balaban J connectivity index is 1.19. The number of fused-ring (bicyclic) bond motifs is 3. The van der Waals surface area contributed by atoms with Crippen molar-refractivity contribution in [3.63, 3.8) is 0 Å². The summed E-state index contributed by atoms with van der Waals surface area (Å²) in [5.74, 6) is 1.84. The SMILES string of the molecule is c1ccc(-c2ccc(-c3nc(-c4ccccc4)nc(-c4cccc5oc6ccc(-c7cccc(-c8ccccc8)c7)cc6c45)n3)cc2)cc1. The van der Waals surface area contributed by atoms with Gasteiger partial charge < -0.3 is 4.42 Å². The first-order valence-electron chi connectivity index (χ1n) is 16.4. The van der Waals surface area contributed by atoms with Gasteiger partial charge in [0.1, 0.15) is 11.2 Å². The molecule has 4 nitrogen and oxygen atoms in total. The molecule has 230 valence electrons. The maximum Gasteiger partial charge on any atom is 0.164 e. The predicted molar refractivity (Wildman–Crippen MR) is 200 cm³/mol. The number of hydrogen-bond acceptors (Lipinski definition) is 4. The molecule has 0 aliphatic carbocycles. The van der Waals surface area contributed by atoms with Crippen LogP contribution in [-0.2, 0) is 0 Å². The Morgan fingerprint density at radius 3 is 1.43 bits per heavy atom. The summed E-state index contributed by atoms with van der Waals surface area (Å²) in [6.07, 6.45) is 0. The number of nitrogens with zero attached hydrogens (tertiary/aromatic N) is 3. The molecule has 0 saturated heterocycles. The molecule has 9 rings (SSSR count). The summed E-state index contributed by atoms with van der Waals surface area (Å²) in [5.41, 5.74) is 11.3. The Labute approximate surface area is 284 Å². The van der Waals surface area contributed by atoms with Crippen LogP contribution in [0.3, 0.4) is 0 Å². The molecule has 0 saturated carbocycles. The standard InChI is InChI=1S/C45H29N3O/c1-4-12-30(13-5-1)32-22-24-34(25-23-32)44-46-43(33-16-8-3-9-17-33)47-45(48-44)38-20-11-21-41-42(38)39-29-37(26-27-40(39)49-41)36-19-10-18-35(28-36)31-14-6-2-7-15-31/h1-29H. The minimum atomic E-state index is 0.598. The molecule has 4 heteroatoms. The van der Waals surface area contributed by atoms with Gasteiger partial charge in [-0.3, -0.25) is 0 Å². The highest BCUT2D eigenvalue weighted by atomic mass is 16.3. The summed E-state index contributed by atoms with van der Waals surface area (Å²) >= 11 is 0. The van der Waals surface area contributed by atoms with Crippen LogP contribution in [-0.4, -0.2) is 15.0 Å². The van der Waals surface area contributed by atoms with E-state index in [1.165, 1.54) is 16.7 Å². The van der Waals surface area contributed by atoms with Crippen LogP contribution in [0.5, 0.6) is 0 Å². The number of rotatable bonds is 6. The second-order valence-corrected chi connectivity index (χ2v) is 12.1. The summed E-state index contributed by atoms with van der Waals surface area (Å²) in [6, 6.07) is 60.5. The Morgan fingerprint density at radius 2 is 0.755 bits per heavy atom. The van der Waals surface area contributed by atoms with Crippen LogP contribution in [0, 0.1) is 0 Å². The zero-order valence-electron chi connectivity index (χ0n) is 26.5. The quantitative estimate of drug-likeness (QED) is 0.184. The number of benzene rings is 7. The lowest BCUT2D eigenvalue weighted by Crippen LogP contribution is -2.00. The van der Waals surface area contributed by atoms with Crippen molar-refractivity contribution in [2.45, 2.75) is 0 Å². The van der Waals surface area contributed by atoms with Crippen LogP contribution < -0.4 is 0 Å². The van der Waals surface area contributed by atoms with Gasteiger partial charge in [-0.15, -0.1) is 0 Å². The first-order valence-corrected chi connectivity index (χ1v) is 16.4. The van der Waals surface area contributed by atoms with Crippen LogP contribution in [0.25, 0.3) is 89.5 Å². The fraction of sp³-hybridized carbons (Fsp3) is 0. The molecule has 7 aromatic carbocycles. The van der Waals surface area contributed by atoms with Crippen LogP contribution in [0.1, 0.15) is 0 Å². The van der Waals surface area contributed by atoms with Gasteiger partial charge in [-0.25, -0.2) is 15.0 Å². The minimum Gasteiger partial charge on any atom is -0.456 e. The van der Waals surface area contributed by atoms with Crippen LogP contribution >= 0.6 is 0 Å². The summed E-state index contributed by atoms with van der Waals surface area (Å²) in [4.78, 5) is 15.1. The summed E-state index contributed by atoms with van der Waals surface area (Å²) in [5, 5.41) is 2.00. The van der Waals surface area contributed by atoms with Crippen LogP contribution in [0.15, 0.2) is 180 Å². The molecule has 9 aromatic rings. The van der Waals surface area contributed by atoms with Crippen molar-refractivity contribution in [2.75, 3.05) is 0 Å². The number of aromatic nitrogens is 3. The van der Waals surface area contributed by atoms with Gasteiger partial charge in [0.05, 0.1) is 0 Å². The van der Waals surface area contributed by atoms with E-state index < -0.39 is 0 Å². The first-order chi connectivity index (χ1) is 24.3. The molecule has 0 aliphatic heterocycles. The Morgan fingerprint density at radius 1 is 0.306 bits per heavy atom. The van der Waals surface area contributed by atoms with Crippen molar-refractivity contribution in [1.82, 2.24) is 15.0 Å². The van der Waals surface area contributed by atoms with Gasteiger partial charge in [-0.05, 0) is 57.6 Å². The van der Waals surface area contributed by atoms with Gasteiger partial charge in [0.2, 0.25) is 0 Å². The fourth-order valence-electron chi connectivity index (χ4n) is 6.49. The third-order valence-corrected chi connectivity index (χ3v) is 8.96. The molecule has 0 radical (unpaired) electrons. The molecule has 0 spiro atoms. The van der Waals surface area contributed by atoms with E-state index in [0.717, 1.165) is 55.3 Å². The molecule has 49 heavy (non-hydrogen) atoms. The number of furan rings is 1. The van der Waals surface area contributed by atoms with E-state index >= 15 is 0 Å². The molecule has 0 atom stereocenters. The zero-order valence-corrected chi connectivity index (χ0v) is 26.5.